The number of H-pyrrole nitrogens is 1. The van der Waals surface area contributed by atoms with E-state index in [4.69, 9.17) is 4.74 Å². The maximum absolute atomic E-state index is 13.3. The summed E-state index contributed by atoms with van der Waals surface area (Å²) in [6, 6.07) is 7.21. The lowest BCUT2D eigenvalue weighted by atomic mass is 10.1. The monoisotopic (exact) mass is 442 g/mol. The van der Waals surface area contributed by atoms with Crippen molar-refractivity contribution in [2.45, 2.75) is 25.2 Å². The van der Waals surface area contributed by atoms with Gasteiger partial charge >= 0.3 is 12.4 Å². The van der Waals surface area contributed by atoms with Crippen LogP contribution in [0.2, 0.25) is 0 Å². The summed E-state index contributed by atoms with van der Waals surface area (Å²) in [5.74, 6) is 1.23. The number of aromatic nitrogens is 2. The Morgan fingerprint density at radius 3 is 2.32 bits per heavy atom. The van der Waals surface area contributed by atoms with Crippen molar-refractivity contribution >= 4 is 22.7 Å². The van der Waals surface area contributed by atoms with Gasteiger partial charge in [0, 0.05) is 24.9 Å². The molecule has 1 aliphatic heterocycles. The van der Waals surface area contributed by atoms with Gasteiger partial charge in [-0.15, -0.1) is 0 Å². The van der Waals surface area contributed by atoms with E-state index in [1.54, 1.807) is 30.5 Å². The number of imidazole rings is 1. The number of alkyl halides is 6. The molecule has 0 atom stereocenters. The summed E-state index contributed by atoms with van der Waals surface area (Å²) < 4.78 is 84.6. The van der Waals surface area contributed by atoms with Crippen molar-refractivity contribution in [1.29, 1.82) is 0 Å². The molecule has 0 radical (unpaired) electrons. The molecule has 0 fully saturated rings. The standard InChI is InChI=1S/C20H16F6N4O/c21-19(22,23)11-8-15(20(24,25)26)17-16(9-11)29-18(30-17)28-12-3-5-13(6-4-12)31-14-2-1-7-27-10-14/h3-6,8-10,27H,1-2,7H2,(H2,28,29,30). The molecular weight excluding hydrogens is 426 g/mol. The van der Waals surface area contributed by atoms with E-state index >= 15 is 0 Å². The van der Waals surface area contributed by atoms with E-state index in [1.165, 1.54) is 0 Å². The van der Waals surface area contributed by atoms with Gasteiger partial charge < -0.3 is 20.4 Å². The lowest BCUT2D eigenvalue weighted by Crippen LogP contribution is -2.16. The number of benzene rings is 2. The first-order chi connectivity index (χ1) is 14.6. The zero-order valence-corrected chi connectivity index (χ0v) is 15.8. The Morgan fingerprint density at radius 1 is 0.968 bits per heavy atom. The second-order valence-corrected chi connectivity index (χ2v) is 6.92. The summed E-state index contributed by atoms with van der Waals surface area (Å²) >= 11 is 0. The van der Waals surface area contributed by atoms with Crippen molar-refractivity contribution in [3.05, 3.63) is 59.5 Å². The predicted octanol–water partition coefficient (Wildman–Crippen LogP) is 5.95. The molecule has 0 saturated carbocycles. The minimum Gasteiger partial charge on any atom is -0.460 e. The second-order valence-electron chi connectivity index (χ2n) is 6.92. The molecular formula is C20H16F6N4O. The van der Waals surface area contributed by atoms with Crippen LogP contribution in [-0.4, -0.2) is 16.5 Å². The van der Waals surface area contributed by atoms with Gasteiger partial charge in [0.2, 0.25) is 5.95 Å². The number of hydrogen-bond donors (Lipinski definition) is 3. The highest BCUT2D eigenvalue weighted by Gasteiger charge is 2.39. The fourth-order valence-electron chi connectivity index (χ4n) is 3.15. The van der Waals surface area contributed by atoms with Gasteiger partial charge in [0.1, 0.15) is 17.0 Å². The summed E-state index contributed by atoms with van der Waals surface area (Å²) in [6.07, 6.45) is -6.38. The molecule has 2 aromatic carbocycles. The van der Waals surface area contributed by atoms with Crippen molar-refractivity contribution in [3.8, 4) is 5.75 Å². The minimum atomic E-state index is -4.99. The average Bonchev–Trinajstić information content (AvgIpc) is 3.10. The number of allylic oxidation sites excluding steroid dienone is 1. The number of fused-ring (bicyclic) bond motifs is 1. The van der Waals surface area contributed by atoms with Crippen LogP contribution in [0.5, 0.6) is 5.75 Å². The van der Waals surface area contributed by atoms with Crippen LogP contribution in [0.3, 0.4) is 0 Å². The third kappa shape index (κ3) is 4.70. The van der Waals surface area contributed by atoms with Crippen molar-refractivity contribution in [1.82, 2.24) is 15.3 Å². The topological polar surface area (TPSA) is 62.0 Å². The smallest absolute Gasteiger partial charge is 0.418 e. The molecule has 0 spiro atoms. The van der Waals surface area contributed by atoms with Gasteiger partial charge in [0.15, 0.2) is 0 Å². The lowest BCUT2D eigenvalue weighted by Gasteiger charge is -2.15. The molecule has 1 aromatic heterocycles. The largest absolute Gasteiger partial charge is 0.460 e. The molecule has 11 heteroatoms. The molecule has 0 amide bonds. The third-order valence-corrected chi connectivity index (χ3v) is 4.59. The van der Waals surface area contributed by atoms with E-state index in [2.05, 4.69) is 20.6 Å². The van der Waals surface area contributed by atoms with E-state index in [-0.39, 0.29) is 17.5 Å². The lowest BCUT2D eigenvalue weighted by molar-refractivity contribution is -0.142. The van der Waals surface area contributed by atoms with E-state index in [0.717, 1.165) is 25.1 Å². The van der Waals surface area contributed by atoms with Gasteiger partial charge in [-0.05, 0) is 42.8 Å². The molecule has 0 unspecified atom stereocenters. The molecule has 5 nitrogen and oxygen atoms in total. The maximum atomic E-state index is 13.3. The van der Waals surface area contributed by atoms with Crippen LogP contribution in [0.15, 0.2) is 48.4 Å². The molecule has 0 saturated heterocycles. The van der Waals surface area contributed by atoms with Crippen LogP contribution in [0.25, 0.3) is 11.0 Å². The molecule has 0 bridgehead atoms. The first-order valence-corrected chi connectivity index (χ1v) is 9.25. The number of rotatable bonds is 4. The van der Waals surface area contributed by atoms with Crippen molar-refractivity contribution in [2.75, 3.05) is 11.9 Å². The molecule has 0 aliphatic carbocycles. The highest BCUT2D eigenvalue weighted by atomic mass is 19.4. The van der Waals surface area contributed by atoms with Crippen LogP contribution in [0.1, 0.15) is 24.0 Å². The fraction of sp³-hybridized carbons (Fsp3) is 0.250. The number of aromatic amines is 1. The molecule has 2 heterocycles. The normalized spacial score (nSPS) is 14.8. The molecule has 4 rings (SSSR count). The van der Waals surface area contributed by atoms with Gasteiger partial charge in [-0.1, -0.05) is 0 Å². The number of anilines is 2. The van der Waals surface area contributed by atoms with Crippen LogP contribution >= 0.6 is 0 Å². The quantitative estimate of drug-likeness (QED) is 0.437. The Balaban J connectivity index is 1.59. The van der Waals surface area contributed by atoms with Gasteiger partial charge in [0.25, 0.3) is 0 Å². The van der Waals surface area contributed by atoms with Crippen LogP contribution in [0, 0.1) is 0 Å². The Morgan fingerprint density at radius 2 is 1.71 bits per heavy atom. The van der Waals surface area contributed by atoms with Crippen LogP contribution in [-0.2, 0) is 12.4 Å². The van der Waals surface area contributed by atoms with Crippen molar-refractivity contribution < 1.29 is 31.1 Å². The highest BCUT2D eigenvalue weighted by molar-refractivity contribution is 5.83. The molecule has 31 heavy (non-hydrogen) atoms. The van der Waals surface area contributed by atoms with E-state index in [9.17, 15) is 26.3 Å². The third-order valence-electron chi connectivity index (χ3n) is 4.59. The Bertz CT molecular complexity index is 1120. The first kappa shape index (κ1) is 20.9. The maximum Gasteiger partial charge on any atom is 0.418 e. The molecule has 3 N–H and O–H groups in total. The van der Waals surface area contributed by atoms with Crippen molar-refractivity contribution in [2.24, 2.45) is 0 Å². The van der Waals surface area contributed by atoms with Crippen LogP contribution < -0.4 is 15.4 Å². The molecule has 164 valence electrons. The van der Waals surface area contributed by atoms with Gasteiger partial charge in [-0.3, -0.25) is 0 Å². The second kappa shape index (κ2) is 7.71. The number of hydrogen-bond acceptors (Lipinski definition) is 4. The Kier molecular flexibility index (Phi) is 5.19. The van der Waals surface area contributed by atoms with E-state index in [0.29, 0.717) is 17.5 Å². The Labute approximate surface area is 172 Å². The summed E-state index contributed by atoms with van der Waals surface area (Å²) in [7, 11) is 0. The van der Waals surface area contributed by atoms with E-state index < -0.39 is 29.0 Å². The summed E-state index contributed by atoms with van der Waals surface area (Å²) in [6.45, 7) is 0.883. The highest BCUT2D eigenvalue weighted by Crippen LogP contribution is 2.39. The van der Waals surface area contributed by atoms with Gasteiger partial charge in [-0.2, -0.15) is 26.3 Å². The fourth-order valence-corrected chi connectivity index (χ4v) is 3.15. The first-order valence-electron chi connectivity index (χ1n) is 9.25. The SMILES string of the molecule is FC(F)(F)c1cc(C(F)(F)F)c2nc(Nc3ccc(OC4=CNCCC4)cc3)[nH]c2c1. The van der Waals surface area contributed by atoms with Gasteiger partial charge in [0.05, 0.1) is 16.6 Å². The number of ether oxygens (including phenoxy) is 1. The predicted molar refractivity (Wildman–Crippen MR) is 102 cm³/mol. The van der Waals surface area contributed by atoms with Crippen molar-refractivity contribution in [3.63, 3.8) is 0 Å². The minimum absolute atomic E-state index is 0.0634. The Hall–Kier alpha value is -3.37. The summed E-state index contributed by atoms with van der Waals surface area (Å²) in [5, 5.41) is 5.84. The molecule has 3 aromatic rings. The summed E-state index contributed by atoms with van der Waals surface area (Å²) in [5.41, 5.74) is -3.37. The van der Waals surface area contributed by atoms with Crippen LogP contribution in [0.4, 0.5) is 38.0 Å². The van der Waals surface area contributed by atoms with E-state index in [1.807, 2.05) is 0 Å². The summed E-state index contributed by atoms with van der Waals surface area (Å²) in [4.78, 5) is 6.29. The van der Waals surface area contributed by atoms with Gasteiger partial charge in [-0.25, -0.2) is 4.98 Å². The zero-order valence-electron chi connectivity index (χ0n) is 15.8. The zero-order chi connectivity index (χ0) is 22.2. The number of nitrogens with one attached hydrogen (secondary N) is 3. The number of nitrogens with zero attached hydrogens (tertiary/aromatic N) is 1. The number of halogens is 6. The molecule has 1 aliphatic rings. The average molecular weight is 442 g/mol.